The first-order chi connectivity index (χ1) is 7.27. The molecule has 0 radical (unpaired) electrons. The Morgan fingerprint density at radius 2 is 2.07 bits per heavy atom. The Morgan fingerprint density at radius 1 is 1.33 bits per heavy atom. The lowest BCUT2D eigenvalue weighted by atomic mass is 9.91. The number of hydrogen-bond acceptors (Lipinski definition) is 4. The standard InChI is InChI=1S/C10H20N2O3/c13-6-4-11-10(15)8-12(5-7-14)9-2-1-3-9/h9,13-14H,1-8H2,(H,11,15). The van der Waals surface area contributed by atoms with E-state index in [1.807, 2.05) is 4.90 Å². The van der Waals surface area contributed by atoms with Crippen molar-refractivity contribution in [2.45, 2.75) is 25.3 Å². The van der Waals surface area contributed by atoms with Crippen molar-refractivity contribution in [2.24, 2.45) is 0 Å². The molecule has 5 nitrogen and oxygen atoms in total. The lowest BCUT2D eigenvalue weighted by molar-refractivity contribution is -0.123. The van der Waals surface area contributed by atoms with E-state index in [-0.39, 0.29) is 19.1 Å². The Morgan fingerprint density at radius 3 is 2.53 bits per heavy atom. The van der Waals surface area contributed by atoms with Gasteiger partial charge in [-0.15, -0.1) is 0 Å². The quantitative estimate of drug-likeness (QED) is 0.507. The predicted octanol–water partition coefficient (Wildman–Crippen LogP) is -1.06. The van der Waals surface area contributed by atoms with Crippen molar-refractivity contribution in [3.8, 4) is 0 Å². The van der Waals surface area contributed by atoms with Gasteiger partial charge in [-0.25, -0.2) is 0 Å². The Kier molecular flexibility index (Phi) is 5.60. The van der Waals surface area contributed by atoms with Crippen molar-refractivity contribution in [3.05, 3.63) is 0 Å². The molecule has 1 rings (SSSR count). The van der Waals surface area contributed by atoms with Gasteiger partial charge in [-0.05, 0) is 12.8 Å². The molecule has 0 saturated heterocycles. The molecular formula is C10H20N2O3. The van der Waals surface area contributed by atoms with Crippen molar-refractivity contribution >= 4 is 5.91 Å². The molecule has 1 aliphatic rings. The fourth-order valence-corrected chi connectivity index (χ4v) is 1.71. The molecule has 0 aromatic carbocycles. The van der Waals surface area contributed by atoms with Crippen LogP contribution < -0.4 is 5.32 Å². The predicted molar refractivity (Wildman–Crippen MR) is 56.4 cm³/mol. The van der Waals surface area contributed by atoms with E-state index in [1.54, 1.807) is 0 Å². The van der Waals surface area contributed by atoms with E-state index in [2.05, 4.69) is 5.32 Å². The van der Waals surface area contributed by atoms with Crippen LogP contribution >= 0.6 is 0 Å². The Bertz CT molecular complexity index is 195. The van der Waals surface area contributed by atoms with Crippen LogP contribution in [0.2, 0.25) is 0 Å². The van der Waals surface area contributed by atoms with Gasteiger partial charge < -0.3 is 15.5 Å². The van der Waals surface area contributed by atoms with Crippen LogP contribution in [0.1, 0.15) is 19.3 Å². The van der Waals surface area contributed by atoms with Crippen LogP contribution in [0.5, 0.6) is 0 Å². The van der Waals surface area contributed by atoms with Gasteiger partial charge in [0.05, 0.1) is 19.8 Å². The summed E-state index contributed by atoms with van der Waals surface area (Å²) < 4.78 is 0. The van der Waals surface area contributed by atoms with Gasteiger partial charge in [-0.2, -0.15) is 0 Å². The van der Waals surface area contributed by atoms with E-state index in [1.165, 1.54) is 6.42 Å². The van der Waals surface area contributed by atoms with Crippen LogP contribution in [0.3, 0.4) is 0 Å². The second-order valence-electron chi connectivity index (χ2n) is 3.85. The second-order valence-corrected chi connectivity index (χ2v) is 3.85. The number of rotatable bonds is 7. The van der Waals surface area contributed by atoms with Crippen LogP contribution in [-0.2, 0) is 4.79 Å². The molecule has 1 aliphatic carbocycles. The average Bonchev–Trinajstić information content (AvgIpc) is 2.12. The summed E-state index contributed by atoms with van der Waals surface area (Å²) in [6.45, 7) is 1.23. The normalized spacial score (nSPS) is 16.5. The molecule has 0 unspecified atom stereocenters. The number of hydrogen-bond donors (Lipinski definition) is 3. The number of carbonyl (C=O) groups excluding carboxylic acids is 1. The van der Waals surface area contributed by atoms with Gasteiger partial charge in [0.25, 0.3) is 0 Å². The van der Waals surface area contributed by atoms with Gasteiger partial charge >= 0.3 is 0 Å². The molecule has 1 amide bonds. The number of amides is 1. The Balaban J connectivity index is 2.26. The minimum absolute atomic E-state index is 0.0326. The second kappa shape index (κ2) is 6.76. The van der Waals surface area contributed by atoms with Crippen molar-refractivity contribution in [1.82, 2.24) is 10.2 Å². The van der Waals surface area contributed by atoms with Gasteiger partial charge in [-0.1, -0.05) is 6.42 Å². The minimum Gasteiger partial charge on any atom is -0.395 e. The molecule has 1 saturated carbocycles. The van der Waals surface area contributed by atoms with Crippen LogP contribution in [0.4, 0.5) is 0 Å². The average molecular weight is 216 g/mol. The monoisotopic (exact) mass is 216 g/mol. The maximum absolute atomic E-state index is 11.4. The Hall–Kier alpha value is -0.650. The summed E-state index contributed by atoms with van der Waals surface area (Å²) in [6, 6.07) is 0.456. The van der Waals surface area contributed by atoms with E-state index in [0.717, 1.165) is 12.8 Å². The van der Waals surface area contributed by atoms with E-state index in [0.29, 0.717) is 25.7 Å². The molecule has 0 heterocycles. The summed E-state index contributed by atoms with van der Waals surface area (Å²) in [7, 11) is 0. The van der Waals surface area contributed by atoms with E-state index in [4.69, 9.17) is 10.2 Å². The molecule has 5 heteroatoms. The fourth-order valence-electron chi connectivity index (χ4n) is 1.71. The van der Waals surface area contributed by atoms with Crippen molar-refractivity contribution in [3.63, 3.8) is 0 Å². The summed E-state index contributed by atoms with van der Waals surface area (Å²) >= 11 is 0. The highest BCUT2D eigenvalue weighted by atomic mass is 16.3. The third-order valence-electron chi connectivity index (χ3n) is 2.76. The number of nitrogens with one attached hydrogen (secondary N) is 1. The maximum Gasteiger partial charge on any atom is 0.234 e. The van der Waals surface area contributed by atoms with Gasteiger partial charge in [0.2, 0.25) is 5.91 Å². The van der Waals surface area contributed by atoms with E-state index in [9.17, 15) is 4.79 Å². The summed E-state index contributed by atoms with van der Waals surface area (Å²) in [5, 5.41) is 20.0. The highest BCUT2D eigenvalue weighted by molar-refractivity contribution is 5.78. The first kappa shape index (κ1) is 12.4. The lowest BCUT2D eigenvalue weighted by Crippen LogP contribution is -2.47. The Labute approximate surface area is 90.1 Å². The molecule has 15 heavy (non-hydrogen) atoms. The summed E-state index contributed by atoms with van der Waals surface area (Å²) in [6.07, 6.45) is 3.45. The van der Waals surface area contributed by atoms with Gasteiger partial charge in [0.1, 0.15) is 0 Å². The topological polar surface area (TPSA) is 72.8 Å². The first-order valence-electron chi connectivity index (χ1n) is 5.50. The zero-order chi connectivity index (χ0) is 11.1. The molecule has 1 fully saturated rings. The van der Waals surface area contributed by atoms with E-state index < -0.39 is 0 Å². The highest BCUT2D eigenvalue weighted by Gasteiger charge is 2.25. The molecule has 0 spiro atoms. The molecule has 0 aliphatic heterocycles. The summed E-state index contributed by atoms with van der Waals surface area (Å²) in [5.41, 5.74) is 0. The lowest BCUT2D eigenvalue weighted by Gasteiger charge is -2.36. The molecular weight excluding hydrogens is 196 g/mol. The molecule has 0 aromatic heterocycles. The molecule has 0 aromatic rings. The SMILES string of the molecule is O=C(CN(CCO)C1CCC1)NCCO. The minimum atomic E-state index is -0.0793. The molecule has 3 N–H and O–H groups in total. The number of aliphatic hydroxyl groups is 2. The van der Waals surface area contributed by atoms with Crippen LogP contribution in [0.25, 0.3) is 0 Å². The maximum atomic E-state index is 11.4. The third-order valence-corrected chi connectivity index (χ3v) is 2.76. The van der Waals surface area contributed by atoms with Crippen molar-refractivity contribution in [1.29, 1.82) is 0 Å². The molecule has 0 bridgehead atoms. The number of aliphatic hydroxyl groups excluding tert-OH is 2. The summed E-state index contributed by atoms with van der Waals surface area (Å²) in [5.74, 6) is -0.0793. The van der Waals surface area contributed by atoms with Crippen molar-refractivity contribution in [2.75, 3.05) is 32.8 Å². The van der Waals surface area contributed by atoms with Crippen LogP contribution in [-0.4, -0.2) is 59.9 Å². The fraction of sp³-hybridized carbons (Fsp3) is 0.900. The van der Waals surface area contributed by atoms with Gasteiger partial charge in [0.15, 0.2) is 0 Å². The smallest absolute Gasteiger partial charge is 0.234 e. The van der Waals surface area contributed by atoms with Crippen LogP contribution in [0.15, 0.2) is 0 Å². The summed E-state index contributed by atoms with van der Waals surface area (Å²) in [4.78, 5) is 13.4. The molecule has 88 valence electrons. The zero-order valence-corrected chi connectivity index (χ0v) is 8.98. The largest absolute Gasteiger partial charge is 0.395 e. The molecule has 0 atom stereocenters. The highest BCUT2D eigenvalue weighted by Crippen LogP contribution is 2.24. The van der Waals surface area contributed by atoms with Crippen molar-refractivity contribution < 1.29 is 15.0 Å². The number of nitrogens with zero attached hydrogens (tertiary/aromatic N) is 1. The number of carbonyl (C=O) groups is 1. The van der Waals surface area contributed by atoms with Gasteiger partial charge in [-0.3, -0.25) is 9.69 Å². The first-order valence-corrected chi connectivity index (χ1v) is 5.50. The zero-order valence-electron chi connectivity index (χ0n) is 8.98. The third kappa shape index (κ3) is 4.15. The van der Waals surface area contributed by atoms with E-state index >= 15 is 0 Å². The van der Waals surface area contributed by atoms with Crippen LogP contribution in [0, 0.1) is 0 Å². The van der Waals surface area contributed by atoms with Gasteiger partial charge in [0, 0.05) is 19.1 Å².